The van der Waals surface area contributed by atoms with Crippen LogP contribution in [0.25, 0.3) is 5.52 Å². The summed E-state index contributed by atoms with van der Waals surface area (Å²) in [5.74, 6) is -0.211. The molecule has 192 valence electrons. The fourth-order valence-electron chi connectivity index (χ4n) is 4.55. The maximum atomic E-state index is 13.6. The average Bonchev–Trinajstić information content (AvgIpc) is 3.22. The third-order valence-electron chi connectivity index (χ3n) is 6.52. The SMILES string of the molecule is C[C@@H]1Cc2nn3cnn([C@@H](C)c4ccc(OC(F)F)cc4)c(=O)c3c2CN1C(=O)c1ccc(Cl)c(Cl)c1. The van der Waals surface area contributed by atoms with E-state index in [-0.39, 0.29) is 34.8 Å². The van der Waals surface area contributed by atoms with Gasteiger partial charge in [0.15, 0.2) is 0 Å². The minimum absolute atomic E-state index is 0.0208. The number of halogens is 4. The Hall–Kier alpha value is -3.50. The molecule has 0 aliphatic carbocycles. The van der Waals surface area contributed by atoms with E-state index < -0.39 is 12.7 Å². The van der Waals surface area contributed by atoms with Gasteiger partial charge in [0.2, 0.25) is 0 Å². The summed E-state index contributed by atoms with van der Waals surface area (Å²) in [5.41, 5.74) is 2.40. The number of ether oxygens (including phenoxy) is 1. The number of hydrogen-bond acceptors (Lipinski definition) is 5. The second-order valence-electron chi connectivity index (χ2n) is 8.84. The molecule has 0 N–H and O–H groups in total. The maximum absolute atomic E-state index is 13.6. The van der Waals surface area contributed by atoms with Crippen LogP contribution in [0.1, 0.15) is 47.1 Å². The molecule has 2 aromatic heterocycles. The maximum Gasteiger partial charge on any atom is 0.387 e. The summed E-state index contributed by atoms with van der Waals surface area (Å²) in [5, 5.41) is 9.46. The number of alkyl halides is 2. The van der Waals surface area contributed by atoms with Gasteiger partial charge in [0, 0.05) is 23.6 Å². The smallest absolute Gasteiger partial charge is 0.387 e. The van der Waals surface area contributed by atoms with Crippen LogP contribution in [0.2, 0.25) is 10.0 Å². The van der Waals surface area contributed by atoms with E-state index in [9.17, 15) is 18.4 Å². The molecule has 0 bridgehead atoms. The molecule has 37 heavy (non-hydrogen) atoms. The monoisotopic (exact) mass is 547 g/mol. The first-order chi connectivity index (χ1) is 17.6. The molecule has 8 nitrogen and oxygen atoms in total. The lowest BCUT2D eigenvalue weighted by Crippen LogP contribution is -2.42. The number of rotatable bonds is 5. The molecule has 0 radical (unpaired) electrons. The van der Waals surface area contributed by atoms with Gasteiger partial charge in [-0.1, -0.05) is 35.3 Å². The van der Waals surface area contributed by atoms with Crippen LogP contribution in [-0.4, -0.2) is 42.9 Å². The van der Waals surface area contributed by atoms with Crippen molar-refractivity contribution in [3.8, 4) is 5.75 Å². The molecule has 2 atom stereocenters. The Labute approximate surface area is 220 Å². The van der Waals surface area contributed by atoms with Gasteiger partial charge in [0.05, 0.1) is 28.3 Å². The first-order valence-corrected chi connectivity index (χ1v) is 12.2. The number of nitrogens with zero attached hydrogens (tertiary/aromatic N) is 5. The summed E-state index contributed by atoms with van der Waals surface area (Å²) in [6, 6.07) is 10.1. The molecule has 4 aromatic rings. The fraction of sp³-hybridized carbons (Fsp3) is 0.280. The van der Waals surface area contributed by atoms with Gasteiger partial charge in [0.25, 0.3) is 11.5 Å². The Morgan fingerprint density at radius 1 is 1.14 bits per heavy atom. The zero-order valence-corrected chi connectivity index (χ0v) is 21.2. The normalized spacial score (nSPS) is 16.2. The van der Waals surface area contributed by atoms with Crippen LogP contribution in [0.4, 0.5) is 8.78 Å². The van der Waals surface area contributed by atoms with Crippen LogP contribution in [0.5, 0.6) is 5.75 Å². The first kappa shape index (κ1) is 25.2. The zero-order chi connectivity index (χ0) is 26.4. The molecular formula is C25H21Cl2F2N5O3. The van der Waals surface area contributed by atoms with Gasteiger partial charge >= 0.3 is 6.61 Å². The molecule has 1 amide bonds. The minimum Gasteiger partial charge on any atom is -0.435 e. The lowest BCUT2D eigenvalue weighted by molar-refractivity contribution is -0.0498. The molecule has 1 aliphatic rings. The molecule has 0 saturated carbocycles. The standard InChI is InChI=1S/C25H21Cl2F2N5O3/c1-13-9-21-18(11-32(13)23(35)16-5-8-19(26)20(27)10-16)22-24(36)34(30-12-33(22)31-21)14(2)15-3-6-17(7-4-15)37-25(28)29/h3-8,10,12-14,25H,9,11H2,1-2H3/t13-,14+/m1/s1. The number of carbonyl (C=O) groups excluding carboxylic acids is 1. The summed E-state index contributed by atoms with van der Waals surface area (Å²) in [4.78, 5) is 28.6. The first-order valence-electron chi connectivity index (χ1n) is 11.4. The van der Waals surface area contributed by atoms with Gasteiger partial charge in [-0.3, -0.25) is 9.59 Å². The number of aromatic nitrogens is 4. The molecule has 2 aromatic carbocycles. The average molecular weight is 548 g/mol. The van der Waals surface area contributed by atoms with E-state index in [1.165, 1.54) is 33.7 Å². The Morgan fingerprint density at radius 3 is 2.54 bits per heavy atom. The number of fused-ring (bicyclic) bond motifs is 3. The molecule has 0 unspecified atom stereocenters. The second kappa shape index (κ2) is 9.75. The molecule has 3 heterocycles. The van der Waals surface area contributed by atoms with E-state index in [1.54, 1.807) is 36.1 Å². The Bertz CT molecular complexity index is 1550. The summed E-state index contributed by atoms with van der Waals surface area (Å²) in [6.07, 6.45) is 1.92. The molecule has 12 heteroatoms. The number of amides is 1. The largest absolute Gasteiger partial charge is 0.435 e. The van der Waals surface area contributed by atoms with Gasteiger partial charge in [-0.15, -0.1) is 0 Å². The van der Waals surface area contributed by atoms with Crippen LogP contribution < -0.4 is 10.3 Å². The molecule has 0 saturated heterocycles. The van der Waals surface area contributed by atoms with Crippen LogP contribution >= 0.6 is 23.2 Å². The van der Waals surface area contributed by atoms with E-state index in [4.69, 9.17) is 23.2 Å². The van der Waals surface area contributed by atoms with Gasteiger partial charge in [-0.2, -0.15) is 19.0 Å². The minimum atomic E-state index is -2.92. The molecule has 5 rings (SSSR count). The molecule has 0 fully saturated rings. The van der Waals surface area contributed by atoms with Gasteiger partial charge in [-0.25, -0.2) is 9.20 Å². The second-order valence-corrected chi connectivity index (χ2v) is 9.65. The van der Waals surface area contributed by atoms with Crippen molar-refractivity contribution in [3.05, 3.63) is 91.6 Å². The third kappa shape index (κ3) is 4.67. The summed E-state index contributed by atoms with van der Waals surface area (Å²) < 4.78 is 32.1. The van der Waals surface area contributed by atoms with E-state index >= 15 is 0 Å². The molecular weight excluding hydrogens is 527 g/mol. The van der Waals surface area contributed by atoms with Crippen molar-refractivity contribution in [2.75, 3.05) is 0 Å². The lowest BCUT2D eigenvalue weighted by Gasteiger charge is -2.33. The summed E-state index contributed by atoms with van der Waals surface area (Å²) in [6.45, 7) is 0.960. The van der Waals surface area contributed by atoms with Gasteiger partial charge in [0.1, 0.15) is 17.6 Å². The topological polar surface area (TPSA) is 81.7 Å². The molecule has 1 aliphatic heterocycles. The van der Waals surface area contributed by atoms with Crippen LogP contribution in [0.15, 0.2) is 53.6 Å². The predicted molar refractivity (Wildman–Crippen MR) is 134 cm³/mol. The van der Waals surface area contributed by atoms with E-state index in [1.807, 2.05) is 6.92 Å². The predicted octanol–water partition coefficient (Wildman–Crippen LogP) is 5.00. The fourth-order valence-corrected chi connectivity index (χ4v) is 4.85. The van der Waals surface area contributed by atoms with Crippen LogP contribution in [-0.2, 0) is 13.0 Å². The van der Waals surface area contributed by atoms with E-state index in [2.05, 4.69) is 14.9 Å². The quantitative estimate of drug-likeness (QED) is 0.351. The molecule has 0 spiro atoms. The third-order valence-corrected chi connectivity index (χ3v) is 7.26. The van der Waals surface area contributed by atoms with Crippen LogP contribution in [0, 0.1) is 0 Å². The zero-order valence-electron chi connectivity index (χ0n) is 19.7. The van der Waals surface area contributed by atoms with Crippen molar-refractivity contribution in [1.29, 1.82) is 0 Å². The number of benzene rings is 2. The van der Waals surface area contributed by atoms with E-state index in [0.717, 1.165) is 5.69 Å². The van der Waals surface area contributed by atoms with E-state index in [0.29, 0.717) is 33.7 Å². The van der Waals surface area contributed by atoms with Gasteiger partial charge in [-0.05, 0) is 49.7 Å². The highest BCUT2D eigenvalue weighted by Gasteiger charge is 2.32. The highest BCUT2D eigenvalue weighted by molar-refractivity contribution is 6.42. The van der Waals surface area contributed by atoms with Crippen molar-refractivity contribution in [2.45, 2.75) is 45.5 Å². The van der Waals surface area contributed by atoms with Crippen molar-refractivity contribution >= 4 is 34.6 Å². The summed E-state index contributed by atoms with van der Waals surface area (Å²) in [7, 11) is 0. The van der Waals surface area contributed by atoms with Gasteiger partial charge < -0.3 is 9.64 Å². The Morgan fingerprint density at radius 2 is 1.86 bits per heavy atom. The highest BCUT2D eigenvalue weighted by Crippen LogP contribution is 2.29. The number of hydrogen-bond donors (Lipinski definition) is 0. The number of carbonyl (C=O) groups is 1. The van der Waals surface area contributed by atoms with Crippen molar-refractivity contribution in [3.63, 3.8) is 0 Å². The Balaban J connectivity index is 1.49. The van der Waals surface area contributed by atoms with Crippen LogP contribution in [0.3, 0.4) is 0 Å². The van der Waals surface area contributed by atoms with Crippen molar-refractivity contribution in [1.82, 2.24) is 24.3 Å². The van der Waals surface area contributed by atoms with Crippen molar-refractivity contribution in [2.24, 2.45) is 0 Å². The lowest BCUT2D eigenvalue weighted by atomic mass is 9.99. The Kier molecular flexibility index (Phi) is 6.63. The summed E-state index contributed by atoms with van der Waals surface area (Å²) >= 11 is 12.1. The highest BCUT2D eigenvalue weighted by atomic mass is 35.5. The van der Waals surface area contributed by atoms with Crippen molar-refractivity contribution < 1.29 is 18.3 Å².